The molecule has 0 saturated carbocycles. The summed E-state index contributed by atoms with van der Waals surface area (Å²) in [6, 6.07) is 7.20. The first-order chi connectivity index (χ1) is 6.74. The van der Waals surface area contributed by atoms with Crippen LogP contribution >= 0.6 is 15.9 Å². The van der Waals surface area contributed by atoms with Crippen molar-refractivity contribution in [3.8, 4) is 0 Å². The fourth-order valence-corrected chi connectivity index (χ4v) is 1.18. The Morgan fingerprint density at radius 3 is 2.64 bits per heavy atom. The van der Waals surface area contributed by atoms with Gasteiger partial charge in [-0.1, -0.05) is 15.9 Å². The van der Waals surface area contributed by atoms with Gasteiger partial charge in [-0.15, -0.1) is 0 Å². The summed E-state index contributed by atoms with van der Waals surface area (Å²) in [5.41, 5.74) is 0.657. The maximum atomic E-state index is 11.4. The van der Waals surface area contributed by atoms with E-state index in [4.69, 9.17) is 4.74 Å². The van der Waals surface area contributed by atoms with Crippen molar-refractivity contribution in [1.82, 2.24) is 0 Å². The van der Waals surface area contributed by atoms with Gasteiger partial charge in [0.1, 0.15) is 0 Å². The molecule has 0 aliphatic rings. The van der Waals surface area contributed by atoms with Crippen LogP contribution in [0, 0.1) is 0 Å². The Labute approximate surface area is 91.7 Å². The number of carbonyl (C=O) groups excluding carboxylic acids is 1. The fraction of sp³-hybridized carbons (Fsp3) is 0.182. The van der Waals surface area contributed by atoms with Gasteiger partial charge in [-0.2, -0.15) is 0 Å². The molecule has 1 aromatic rings. The van der Waals surface area contributed by atoms with Crippen LogP contribution in [0.2, 0.25) is 0 Å². The molecule has 0 unspecified atom stereocenters. The highest BCUT2D eigenvalue weighted by Gasteiger charge is 2.00. The Bertz CT molecular complexity index is 328. The third kappa shape index (κ3) is 3.34. The number of hydrogen-bond acceptors (Lipinski definition) is 2. The molecule has 2 nitrogen and oxygen atoms in total. The van der Waals surface area contributed by atoms with Crippen LogP contribution in [-0.4, -0.2) is 12.4 Å². The molecule has 0 aliphatic carbocycles. The molecule has 0 bridgehead atoms. The second-order valence-corrected chi connectivity index (χ2v) is 3.54. The second kappa shape index (κ2) is 5.60. The fourth-order valence-electron chi connectivity index (χ4n) is 0.917. The van der Waals surface area contributed by atoms with Gasteiger partial charge in [-0.05, 0) is 31.2 Å². The summed E-state index contributed by atoms with van der Waals surface area (Å²) in [6.45, 7) is 2.44. The Morgan fingerprint density at radius 1 is 1.43 bits per heavy atom. The van der Waals surface area contributed by atoms with Gasteiger partial charge in [0, 0.05) is 16.1 Å². The van der Waals surface area contributed by atoms with Crippen molar-refractivity contribution in [2.24, 2.45) is 0 Å². The smallest absolute Gasteiger partial charge is 0.188 e. The molecule has 3 heteroatoms. The van der Waals surface area contributed by atoms with Gasteiger partial charge >= 0.3 is 0 Å². The highest BCUT2D eigenvalue weighted by atomic mass is 79.9. The van der Waals surface area contributed by atoms with Crippen molar-refractivity contribution in [2.75, 3.05) is 6.61 Å². The van der Waals surface area contributed by atoms with Crippen LogP contribution in [-0.2, 0) is 4.74 Å². The van der Waals surface area contributed by atoms with Crippen LogP contribution in [0.4, 0.5) is 0 Å². The van der Waals surface area contributed by atoms with E-state index >= 15 is 0 Å². The predicted octanol–water partition coefficient (Wildman–Crippen LogP) is 3.18. The number of benzene rings is 1. The third-order valence-electron chi connectivity index (χ3n) is 1.61. The molecule has 14 heavy (non-hydrogen) atoms. The molecule has 1 rings (SSSR count). The topological polar surface area (TPSA) is 26.3 Å². The zero-order chi connectivity index (χ0) is 10.4. The monoisotopic (exact) mass is 254 g/mol. The third-order valence-corrected chi connectivity index (χ3v) is 2.14. The number of halogens is 1. The van der Waals surface area contributed by atoms with E-state index in [1.54, 1.807) is 12.1 Å². The summed E-state index contributed by atoms with van der Waals surface area (Å²) in [6.07, 6.45) is 2.84. The zero-order valence-electron chi connectivity index (χ0n) is 7.87. The average Bonchev–Trinajstić information content (AvgIpc) is 2.19. The molecule has 0 aromatic heterocycles. The van der Waals surface area contributed by atoms with Gasteiger partial charge in [-0.25, -0.2) is 0 Å². The van der Waals surface area contributed by atoms with Gasteiger partial charge in [0.05, 0.1) is 12.9 Å². The van der Waals surface area contributed by atoms with Crippen LogP contribution in [0.15, 0.2) is 41.1 Å². The van der Waals surface area contributed by atoms with Crippen molar-refractivity contribution in [3.05, 3.63) is 46.6 Å². The number of hydrogen-bond donors (Lipinski definition) is 0. The first kappa shape index (κ1) is 11.0. The minimum atomic E-state index is -0.0500. The Hall–Kier alpha value is -1.09. The molecule has 0 spiro atoms. The van der Waals surface area contributed by atoms with Gasteiger partial charge in [0.25, 0.3) is 0 Å². The predicted molar refractivity (Wildman–Crippen MR) is 59.2 cm³/mol. The van der Waals surface area contributed by atoms with Gasteiger partial charge in [0.15, 0.2) is 5.78 Å². The maximum Gasteiger partial charge on any atom is 0.188 e. The lowest BCUT2D eigenvalue weighted by molar-refractivity contribution is 0.104. The molecule has 0 heterocycles. The van der Waals surface area contributed by atoms with E-state index in [0.717, 1.165) is 4.47 Å². The van der Waals surface area contributed by atoms with Gasteiger partial charge in [-0.3, -0.25) is 4.79 Å². The average molecular weight is 255 g/mol. The van der Waals surface area contributed by atoms with Gasteiger partial charge < -0.3 is 4.74 Å². The Balaban J connectivity index is 2.65. The highest BCUT2D eigenvalue weighted by Crippen LogP contribution is 2.11. The number of ether oxygens (including phenoxy) is 1. The SMILES string of the molecule is CCOC=CC(=O)c1ccc(Br)cc1. The molecule has 0 atom stereocenters. The highest BCUT2D eigenvalue weighted by molar-refractivity contribution is 9.10. The summed E-state index contributed by atoms with van der Waals surface area (Å²) in [5.74, 6) is -0.0500. The summed E-state index contributed by atoms with van der Waals surface area (Å²) >= 11 is 3.30. The summed E-state index contributed by atoms with van der Waals surface area (Å²) in [7, 11) is 0. The Morgan fingerprint density at radius 2 is 2.07 bits per heavy atom. The molecule has 0 aliphatic heterocycles. The number of allylic oxidation sites excluding steroid dienone is 1. The largest absolute Gasteiger partial charge is 0.501 e. The first-order valence-electron chi connectivity index (χ1n) is 4.32. The molecule has 0 radical (unpaired) electrons. The molecule has 74 valence electrons. The van der Waals surface area contributed by atoms with Crippen molar-refractivity contribution < 1.29 is 9.53 Å². The minimum Gasteiger partial charge on any atom is -0.501 e. The lowest BCUT2D eigenvalue weighted by Gasteiger charge is -1.96. The van der Waals surface area contributed by atoms with Crippen LogP contribution in [0.25, 0.3) is 0 Å². The van der Waals surface area contributed by atoms with Gasteiger partial charge in [0.2, 0.25) is 0 Å². The van der Waals surface area contributed by atoms with Crippen molar-refractivity contribution in [3.63, 3.8) is 0 Å². The molecule has 1 aromatic carbocycles. The lowest BCUT2D eigenvalue weighted by atomic mass is 10.1. The number of rotatable bonds is 4. The van der Waals surface area contributed by atoms with E-state index in [2.05, 4.69) is 15.9 Å². The Kier molecular flexibility index (Phi) is 4.40. The van der Waals surface area contributed by atoms with Crippen molar-refractivity contribution in [1.29, 1.82) is 0 Å². The quantitative estimate of drug-likeness (QED) is 0.469. The second-order valence-electron chi connectivity index (χ2n) is 2.63. The van der Waals surface area contributed by atoms with Crippen molar-refractivity contribution in [2.45, 2.75) is 6.92 Å². The first-order valence-corrected chi connectivity index (χ1v) is 5.11. The van der Waals surface area contributed by atoms with E-state index < -0.39 is 0 Å². The van der Waals surface area contributed by atoms with E-state index in [0.29, 0.717) is 12.2 Å². The zero-order valence-corrected chi connectivity index (χ0v) is 9.45. The van der Waals surface area contributed by atoms with E-state index in [9.17, 15) is 4.79 Å². The molecule has 0 N–H and O–H groups in total. The molecular weight excluding hydrogens is 244 g/mol. The summed E-state index contributed by atoms with van der Waals surface area (Å²) < 4.78 is 5.90. The molecular formula is C11H11BrO2. The molecule has 0 saturated heterocycles. The van der Waals surface area contributed by atoms with E-state index in [-0.39, 0.29) is 5.78 Å². The summed E-state index contributed by atoms with van der Waals surface area (Å²) in [5, 5.41) is 0. The standard InChI is InChI=1S/C11H11BrO2/c1-2-14-8-7-11(13)9-3-5-10(12)6-4-9/h3-8H,2H2,1H3. The summed E-state index contributed by atoms with van der Waals surface area (Å²) in [4.78, 5) is 11.4. The molecule has 0 amide bonds. The van der Waals surface area contributed by atoms with Crippen LogP contribution in [0.3, 0.4) is 0 Å². The van der Waals surface area contributed by atoms with Crippen LogP contribution in [0.1, 0.15) is 17.3 Å². The number of ketones is 1. The van der Waals surface area contributed by atoms with E-state index in [1.807, 2.05) is 19.1 Å². The van der Waals surface area contributed by atoms with Crippen LogP contribution in [0.5, 0.6) is 0 Å². The maximum absolute atomic E-state index is 11.4. The van der Waals surface area contributed by atoms with Crippen LogP contribution < -0.4 is 0 Å². The lowest BCUT2D eigenvalue weighted by Crippen LogP contribution is -1.93. The molecule has 0 fully saturated rings. The van der Waals surface area contributed by atoms with Crippen molar-refractivity contribution >= 4 is 21.7 Å². The minimum absolute atomic E-state index is 0.0500. The van der Waals surface area contributed by atoms with E-state index in [1.165, 1.54) is 12.3 Å². The number of carbonyl (C=O) groups is 1. The normalized spacial score (nSPS) is 10.4.